The molecular formula is C18H30N2OSSi. The molecule has 0 N–H and O–H groups in total. The summed E-state index contributed by atoms with van der Waals surface area (Å²) in [6.07, 6.45) is 9.30. The molecule has 0 aliphatic heterocycles. The summed E-state index contributed by atoms with van der Waals surface area (Å²) in [6.45, 7) is 15.5. The first-order valence-electron chi connectivity index (χ1n) is 8.45. The molecule has 3 nitrogen and oxygen atoms in total. The van der Waals surface area contributed by atoms with Crippen molar-refractivity contribution in [1.82, 2.24) is 9.97 Å². The van der Waals surface area contributed by atoms with Crippen molar-refractivity contribution in [2.45, 2.75) is 74.7 Å². The smallest absolute Gasteiger partial charge is 0.192 e. The van der Waals surface area contributed by atoms with Gasteiger partial charge in [0.2, 0.25) is 0 Å². The Morgan fingerprint density at radius 2 is 1.96 bits per heavy atom. The maximum absolute atomic E-state index is 6.66. The van der Waals surface area contributed by atoms with Gasteiger partial charge in [-0.25, -0.2) is 9.97 Å². The van der Waals surface area contributed by atoms with Gasteiger partial charge >= 0.3 is 0 Å². The second kappa shape index (κ2) is 7.49. The Hall–Kier alpha value is -0.653. The largest absolute Gasteiger partial charge is 0.414 e. The lowest BCUT2D eigenvalue weighted by atomic mass is 10.0. The van der Waals surface area contributed by atoms with Gasteiger partial charge in [-0.1, -0.05) is 38.6 Å². The number of hydrogen-bond donors (Lipinski definition) is 0. The second-order valence-electron chi connectivity index (χ2n) is 7.94. The van der Waals surface area contributed by atoms with Gasteiger partial charge in [0.25, 0.3) is 0 Å². The molecular weight excluding hydrogens is 320 g/mol. The molecule has 23 heavy (non-hydrogen) atoms. The van der Waals surface area contributed by atoms with Gasteiger partial charge in [-0.3, -0.25) is 0 Å². The van der Waals surface area contributed by atoms with E-state index in [9.17, 15) is 0 Å². The van der Waals surface area contributed by atoms with E-state index in [2.05, 4.69) is 50.4 Å². The fraction of sp³-hybridized carbons (Fsp3) is 0.667. The third-order valence-corrected chi connectivity index (χ3v) is 11.0. The normalized spacial score (nSPS) is 25.5. The van der Waals surface area contributed by atoms with E-state index in [1.807, 2.05) is 24.5 Å². The van der Waals surface area contributed by atoms with Crippen LogP contribution in [0.15, 0.2) is 36.3 Å². The summed E-state index contributed by atoms with van der Waals surface area (Å²) in [7, 11) is -1.71. The summed E-state index contributed by atoms with van der Waals surface area (Å²) in [5, 5.41) is 1.65. The minimum absolute atomic E-state index is 0.259. The second-order valence-corrected chi connectivity index (χ2v) is 13.9. The Morgan fingerprint density at radius 1 is 1.30 bits per heavy atom. The monoisotopic (exact) mass is 350 g/mol. The summed E-state index contributed by atoms with van der Waals surface area (Å²) in [5.74, 6) is 0.607. The molecule has 0 spiro atoms. The Morgan fingerprint density at radius 3 is 2.52 bits per heavy atom. The van der Waals surface area contributed by atoms with Gasteiger partial charge in [0.1, 0.15) is 0 Å². The third-order valence-electron chi connectivity index (χ3n) is 5.12. The van der Waals surface area contributed by atoms with Crippen molar-refractivity contribution in [3.8, 4) is 0 Å². The lowest BCUT2D eigenvalue weighted by Gasteiger charge is -2.38. The molecule has 0 aromatic carbocycles. The average molecular weight is 351 g/mol. The minimum Gasteiger partial charge on any atom is -0.414 e. The van der Waals surface area contributed by atoms with Crippen LogP contribution in [0.25, 0.3) is 0 Å². The van der Waals surface area contributed by atoms with E-state index in [4.69, 9.17) is 4.43 Å². The molecule has 1 aliphatic carbocycles. The standard InChI is InChI=1S/C18H30N2OSSi/c1-7-9-14-12-15(21-23(5,6)18(2,3)4)13-16(14)22-17-19-10-8-11-20-17/h7-8,10-11,14-16H,1,9,12-13H2,2-6H3/t14-,15?,16-/m1/s1. The van der Waals surface area contributed by atoms with E-state index in [0.717, 1.165) is 24.4 Å². The molecule has 1 unspecified atom stereocenters. The zero-order chi connectivity index (χ0) is 17.1. The van der Waals surface area contributed by atoms with Crippen molar-refractivity contribution < 1.29 is 4.43 Å². The maximum atomic E-state index is 6.66. The molecule has 1 aromatic rings. The molecule has 5 heteroatoms. The zero-order valence-electron chi connectivity index (χ0n) is 15.1. The van der Waals surface area contributed by atoms with E-state index in [-0.39, 0.29) is 5.04 Å². The topological polar surface area (TPSA) is 35.0 Å². The fourth-order valence-electron chi connectivity index (χ4n) is 2.81. The number of aromatic nitrogens is 2. The highest BCUT2D eigenvalue weighted by atomic mass is 32.2. The SMILES string of the molecule is C=CC[C@@H]1CC(O[Si](C)(C)C(C)(C)C)C[C@H]1Sc1ncccn1. The predicted molar refractivity (Wildman–Crippen MR) is 101 cm³/mol. The van der Waals surface area contributed by atoms with E-state index < -0.39 is 8.32 Å². The number of allylic oxidation sites excluding steroid dienone is 1. The lowest BCUT2D eigenvalue weighted by Crippen LogP contribution is -2.43. The van der Waals surface area contributed by atoms with Crippen molar-refractivity contribution in [2.75, 3.05) is 0 Å². The summed E-state index contributed by atoms with van der Waals surface area (Å²) >= 11 is 1.80. The van der Waals surface area contributed by atoms with Crippen molar-refractivity contribution in [3.63, 3.8) is 0 Å². The van der Waals surface area contributed by atoms with Gasteiger partial charge in [-0.15, -0.1) is 6.58 Å². The van der Waals surface area contributed by atoms with Gasteiger partial charge in [0.15, 0.2) is 13.5 Å². The Kier molecular flexibility index (Phi) is 6.08. The average Bonchev–Trinajstić information content (AvgIpc) is 2.80. The highest BCUT2D eigenvalue weighted by Crippen LogP contribution is 2.44. The van der Waals surface area contributed by atoms with Gasteiger partial charge in [0, 0.05) is 23.7 Å². The van der Waals surface area contributed by atoms with Crippen LogP contribution in [0.3, 0.4) is 0 Å². The Bertz CT molecular complexity index is 516. The molecule has 1 heterocycles. The number of nitrogens with zero attached hydrogens (tertiary/aromatic N) is 2. The molecule has 1 saturated carbocycles. The van der Waals surface area contributed by atoms with Crippen LogP contribution in [0.1, 0.15) is 40.0 Å². The Labute approximate surface area is 146 Å². The molecule has 128 valence electrons. The first kappa shape index (κ1) is 18.7. The van der Waals surface area contributed by atoms with Crippen LogP contribution in [-0.4, -0.2) is 29.6 Å². The van der Waals surface area contributed by atoms with Crippen LogP contribution in [0.5, 0.6) is 0 Å². The third kappa shape index (κ3) is 4.91. The number of thioether (sulfide) groups is 1. The summed E-state index contributed by atoms with van der Waals surface area (Å²) in [4.78, 5) is 8.74. The van der Waals surface area contributed by atoms with E-state index in [1.165, 1.54) is 0 Å². The molecule has 2 rings (SSSR count). The molecule has 1 fully saturated rings. The van der Waals surface area contributed by atoms with E-state index >= 15 is 0 Å². The van der Waals surface area contributed by atoms with Crippen LogP contribution in [0.4, 0.5) is 0 Å². The highest BCUT2D eigenvalue weighted by molar-refractivity contribution is 7.99. The van der Waals surface area contributed by atoms with Crippen molar-refractivity contribution in [1.29, 1.82) is 0 Å². The quantitative estimate of drug-likeness (QED) is 0.395. The zero-order valence-corrected chi connectivity index (χ0v) is 16.9. The predicted octanol–water partition coefficient (Wildman–Crippen LogP) is 5.31. The molecule has 3 atom stereocenters. The van der Waals surface area contributed by atoms with Gasteiger partial charge in [0.05, 0.1) is 0 Å². The molecule has 0 radical (unpaired) electrons. The Balaban J connectivity index is 2.04. The molecule has 0 bridgehead atoms. The van der Waals surface area contributed by atoms with Crippen LogP contribution < -0.4 is 0 Å². The molecule has 1 aromatic heterocycles. The summed E-state index contributed by atoms with van der Waals surface area (Å²) in [6, 6.07) is 1.86. The van der Waals surface area contributed by atoms with E-state index in [0.29, 0.717) is 17.3 Å². The minimum atomic E-state index is -1.71. The van der Waals surface area contributed by atoms with Gasteiger partial charge < -0.3 is 4.43 Å². The van der Waals surface area contributed by atoms with Crippen molar-refractivity contribution in [2.24, 2.45) is 5.92 Å². The molecule has 0 amide bonds. The van der Waals surface area contributed by atoms with Crippen molar-refractivity contribution in [3.05, 3.63) is 31.1 Å². The van der Waals surface area contributed by atoms with E-state index in [1.54, 1.807) is 11.8 Å². The van der Waals surface area contributed by atoms with Crippen LogP contribution in [0, 0.1) is 5.92 Å². The number of rotatable bonds is 6. The van der Waals surface area contributed by atoms with Gasteiger partial charge in [-0.2, -0.15) is 0 Å². The van der Waals surface area contributed by atoms with Crippen LogP contribution >= 0.6 is 11.8 Å². The molecule has 1 aliphatic rings. The van der Waals surface area contributed by atoms with Crippen molar-refractivity contribution >= 4 is 20.1 Å². The highest BCUT2D eigenvalue weighted by Gasteiger charge is 2.43. The van der Waals surface area contributed by atoms with Crippen LogP contribution in [0.2, 0.25) is 18.1 Å². The first-order chi connectivity index (χ1) is 10.7. The summed E-state index contributed by atoms with van der Waals surface area (Å²) < 4.78 is 6.66. The van der Waals surface area contributed by atoms with Crippen LogP contribution in [-0.2, 0) is 4.43 Å². The van der Waals surface area contributed by atoms with Gasteiger partial charge in [-0.05, 0) is 49.4 Å². The first-order valence-corrected chi connectivity index (χ1v) is 12.2. The lowest BCUT2D eigenvalue weighted by molar-refractivity contribution is 0.183. The fourth-order valence-corrected chi connectivity index (χ4v) is 5.43. The summed E-state index contributed by atoms with van der Waals surface area (Å²) in [5.41, 5.74) is 0. The number of hydrogen-bond acceptors (Lipinski definition) is 4. The maximum Gasteiger partial charge on any atom is 0.192 e. The molecule has 0 saturated heterocycles.